The van der Waals surface area contributed by atoms with Crippen LogP contribution in [-0.2, 0) is 17.8 Å². The molecule has 1 saturated carbocycles. The first-order chi connectivity index (χ1) is 11.2. The first kappa shape index (κ1) is 21.2. The summed E-state index contributed by atoms with van der Waals surface area (Å²) in [5.41, 5.74) is 0. The normalized spacial score (nSPS) is 14.0. The first-order valence-corrected chi connectivity index (χ1v) is 9.42. The molecule has 1 aromatic rings. The number of nitrogens with one attached hydrogen (secondary N) is 3. The molecule has 1 aliphatic carbocycles. The van der Waals surface area contributed by atoms with E-state index < -0.39 is 0 Å². The molecular formula is C17H29IN4OS. The van der Waals surface area contributed by atoms with Crippen LogP contribution in [0.4, 0.5) is 0 Å². The summed E-state index contributed by atoms with van der Waals surface area (Å²) in [4.78, 5) is 18.9. The van der Waals surface area contributed by atoms with Gasteiger partial charge in [0, 0.05) is 35.3 Å². The summed E-state index contributed by atoms with van der Waals surface area (Å²) >= 11 is 1.82. The Labute approximate surface area is 166 Å². The van der Waals surface area contributed by atoms with Gasteiger partial charge in [0.2, 0.25) is 5.91 Å². The zero-order valence-corrected chi connectivity index (χ0v) is 17.7. The Kier molecular flexibility index (Phi) is 10.3. The summed E-state index contributed by atoms with van der Waals surface area (Å²) in [7, 11) is 0. The standard InChI is InChI=1S/C17H28N4OS.HI/c1-3-14-9-10-15(23-14)12-20-17(18-4-2)19-11-5-6-16(22)21-13-7-8-13;/h9-10,13H,3-8,11-12H2,1-2H3,(H,21,22)(H2,18,19,20);1H. The third-order valence-corrected chi connectivity index (χ3v) is 4.83. The largest absolute Gasteiger partial charge is 0.357 e. The minimum Gasteiger partial charge on any atom is -0.357 e. The van der Waals surface area contributed by atoms with Crippen LogP contribution < -0.4 is 16.0 Å². The van der Waals surface area contributed by atoms with Crippen molar-refractivity contribution in [1.29, 1.82) is 0 Å². The fraction of sp³-hybridized carbons (Fsp3) is 0.647. The van der Waals surface area contributed by atoms with Crippen LogP contribution in [0.15, 0.2) is 17.1 Å². The number of aliphatic imine (C=N–C) groups is 1. The average molecular weight is 464 g/mol. The van der Waals surface area contributed by atoms with Gasteiger partial charge in [0.1, 0.15) is 0 Å². The molecule has 136 valence electrons. The second-order valence-corrected chi connectivity index (χ2v) is 7.04. The third-order valence-electron chi connectivity index (χ3n) is 3.62. The van der Waals surface area contributed by atoms with E-state index in [0.717, 1.165) is 44.7 Å². The molecule has 1 fully saturated rings. The van der Waals surface area contributed by atoms with E-state index in [-0.39, 0.29) is 29.9 Å². The van der Waals surface area contributed by atoms with Gasteiger partial charge in [-0.1, -0.05) is 6.92 Å². The predicted octanol–water partition coefficient (Wildman–Crippen LogP) is 3.04. The van der Waals surface area contributed by atoms with E-state index in [1.54, 1.807) is 0 Å². The Hall–Kier alpha value is -0.830. The Balaban J connectivity index is 0.00000288. The molecule has 0 radical (unpaired) electrons. The highest BCUT2D eigenvalue weighted by Gasteiger charge is 2.22. The van der Waals surface area contributed by atoms with Gasteiger partial charge in [-0.25, -0.2) is 4.99 Å². The molecule has 0 saturated heterocycles. The number of thiophene rings is 1. The average Bonchev–Trinajstić information content (AvgIpc) is 3.23. The molecular weight excluding hydrogens is 435 g/mol. The van der Waals surface area contributed by atoms with E-state index in [4.69, 9.17) is 0 Å². The zero-order valence-electron chi connectivity index (χ0n) is 14.6. The minimum atomic E-state index is 0. The van der Waals surface area contributed by atoms with Crippen LogP contribution in [0.5, 0.6) is 0 Å². The van der Waals surface area contributed by atoms with Gasteiger partial charge in [-0.3, -0.25) is 4.79 Å². The molecule has 0 unspecified atom stereocenters. The molecule has 0 atom stereocenters. The number of amides is 1. The molecule has 2 rings (SSSR count). The first-order valence-electron chi connectivity index (χ1n) is 8.60. The van der Waals surface area contributed by atoms with Crippen molar-refractivity contribution < 1.29 is 4.79 Å². The van der Waals surface area contributed by atoms with Crippen molar-refractivity contribution in [3.05, 3.63) is 21.9 Å². The van der Waals surface area contributed by atoms with E-state index in [1.807, 2.05) is 11.3 Å². The Morgan fingerprint density at radius 1 is 1.25 bits per heavy atom. The monoisotopic (exact) mass is 464 g/mol. The number of aryl methyl sites for hydroxylation is 1. The van der Waals surface area contributed by atoms with E-state index in [0.29, 0.717) is 19.0 Å². The molecule has 0 aliphatic heterocycles. The lowest BCUT2D eigenvalue weighted by Crippen LogP contribution is -2.38. The number of carbonyl (C=O) groups excluding carboxylic acids is 1. The third kappa shape index (κ3) is 8.32. The second kappa shape index (κ2) is 11.7. The van der Waals surface area contributed by atoms with Gasteiger partial charge >= 0.3 is 0 Å². The lowest BCUT2D eigenvalue weighted by atomic mass is 10.3. The van der Waals surface area contributed by atoms with E-state index in [1.165, 1.54) is 9.75 Å². The molecule has 0 spiro atoms. The van der Waals surface area contributed by atoms with E-state index >= 15 is 0 Å². The second-order valence-electron chi connectivity index (χ2n) is 5.79. The number of carbonyl (C=O) groups is 1. The SMILES string of the molecule is CCNC(=NCc1ccc(CC)s1)NCCCC(=O)NC1CC1.I. The van der Waals surface area contributed by atoms with Crippen LogP contribution in [0.1, 0.15) is 49.3 Å². The molecule has 0 bridgehead atoms. The Morgan fingerprint density at radius 3 is 2.62 bits per heavy atom. The Morgan fingerprint density at radius 2 is 2.00 bits per heavy atom. The van der Waals surface area contributed by atoms with Crippen LogP contribution in [0.25, 0.3) is 0 Å². The number of guanidine groups is 1. The lowest BCUT2D eigenvalue weighted by molar-refractivity contribution is -0.121. The molecule has 0 aromatic carbocycles. The maximum Gasteiger partial charge on any atom is 0.220 e. The van der Waals surface area contributed by atoms with Crippen LogP contribution in [0, 0.1) is 0 Å². The molecule has 1 heterocycles. The van der Waals surface area contributed by atoms with Crippen molar-refractivity contribution in [2.75, 3.05) is 13.1 Å². The van der Waals surface area contributed by atoms with Gasteiger partial charge < -0.3 is 16.0 Å². The number of rotatable bonds is 9. The molecule has 7 heteroatoms. The van der Waals surface area contributed by atoms with Crippen LogP contribution in [-0.4, -0.2) is 31.0 Å². The van der Waals surface area contributed by atoms with Crippen molar-refractivity contribution in [1.82, 2.24) is 16.0 Å². The van der Waals surface area contributed by atoms with Gasteiger partial charge in [-0.2, -0.15) is 0 Å². The molecule has 1 amide bonds. The molecule has 1 aromatic heterocycles. The smallest absolute Gasteiger partial charge is 0.220 e. The van der Waals surface area contributed by atoms with Gasteiger partial charge in [0.25, 0.3) is 0 Å². The summed E-state index contributed by atoms with van der Waals surface area (Å²) in [6, 6.07) is 4.78. The summed E-state index contributed by atoms with van der Waals surface area (Å²) < 4.78 is 0. The fourth-order valence-corrected chi connectivity index (χ4v) is 3.06. The summed E-state index contributed by atoms with van der Waals surface area (Å²) in [5, 5.41) is 9.56. The topological polar surface area (TPSA) is 65.5 Å². The van der Waals surface area contributed by atoms with Crippen molar-refractivity contribution in [2.24, 2.45) is 4.99 Å². The molecule has 1 aliphatic rings. The van der Waals surface area contributed by atoms with Gasteiger partial charge in [0.05, 0.1) is 6.54 Å². The molecule has 24 heavy (non-hydrogen) atoms. The van der Waals surface area contributed by atoms with Gasteiger partial charge in [0.15, 0.2) is 5.96 Å². The van der Waals surface area contributed by atoms with Crippen LogP contribution >= 0.6 is 35.3 Å². The molecule has 5 nitrogen and oxygen atoms in total. The van der Waals surface area contributed by atoms with Crippen molar-refractivity contribution in [3.8, 4) is 0 Å². The van der Waals surface area contributed by atoms with Crippen LogP contribution in [0.2, 0.25) is 0 Å². The quantitative estimate of drug-likeness (QED) is 0.228. The Bertz CT molecular complexity index is 528. The number of halogens is 1. The number of nitrogens with zero attached hydrogens (tertiary/aromatic N) is 1. The van der Waals surface area contributed by atoms with Crippen molar-refractivity contribution in [2.45, 2.75) is 58.5 Å². The van der Waals surface area contributed by atoms with Crippen LogP contribution in [0.3, 0.4) is 0 Å². The predicted molar refractivity (Wildman–Crippen MR) is 112 cm³/mol. The maximum atomic E-state index is 11.6. The highest BCUT2D eigenvalue weighted by atomic mass is 127. The summed E-state index contributed by atoms with van der Waals surface area (Å²) in [5.74, 6) is 0.989. The maximum absolute atomic E-state index is 11.6. The lowest BCUT2D eigenvalue weighted by Gasteiger charge is -2.11. The zero-order chi connectivity index (χ0) is 16.5. The van der Waals surface area contributed by atoms with Crippen molar-refractivity contribution >= 4 is 47.2 Å². The summed E-state index contributed by atoms with van der Waals surface area (Å²) in [6.45, 7) is 6.51. The minimum absolute atomic E-state index is 0. The molecule has 3 N–H and O–H groups in total. The van der Waals surface area contributed by atoms with E-state index in [9.17, 15) is 4.79 Å². The van der Waals surface area contributed by atoms with E-state index in [2.05, 4.69) is 46.9 Å². The number of hydrogen-bond donors (Lipinski definition) is 3. The fourth-order valence-electron chi connectivity index (χ4n) is 2.18. The van der Waals surface area contributed by atoms with Crippen molar-refractivity contribution in [3.63, 3.8) is 0 Å². The highest BCUT2D eigenvalue weighted by molar-refractivity contribution is 14.0. The van der Waals surface area contributed by atoms with Gasteiger partial charge in [-0.15, -0.1) is 35.3 Å². The number of hydrogen-bond acceptors (Lipinski definition) is 3. The highest BCUT2D eigenvalue weighted by Crippen LogP contribution is 2.18. The summed E-state index contributed by atoms with van der Waals surface area (Å²) in [6.07, 6.45) is 4.76. The van der Waals surface area contributed by atoms with Gasteiger partial charge in [-0.05, 0) is 44.7 Å².